The lowest BCUT2D eigenvalue weighted by atomic mass is 10.1. The highest BCUT2D eigenvalue weighted by atomic mass is 35.5. The van der Waals surface area contributed by atoms with Crippen LogP contribution in [0.25, 0.3) is 0 Å². The van der Waals surface area contributed by atoms with Crippen LogP contribution < -0.4 is 0 Å². The van der Waals surface area contributed by atoms with Crippen LogP contribution in [-0.2, 0) is 29.4 Å². The number of likely N-dealkylation sites (N-methyl/N-ethyl adjacent to an activating group) is 1. The number of hydrogen-bond acceptors (Lipinski definition) is 4. The summed E-state index contributed by atoms with van der Waals surface area (Å²) in [6, 6.07) is 0. The van der Waals surface area contributed by atoms with Crippen molar-refractivity contribution in [2.75, 3.05) is 26.7 Å². The van der Waals surface area contributed by atoms with Gasteiger partial charge in [0.25, 0.3) is 0 Å². The highest BCUT2D eigenvalue weighted by Gasteiger charge is 2.26. The Morgan fingerprint density at radius 3 is 2.84 bits per heavy atom. The normalized spacial score (nSPS) is 20.7. The lowest BCUT2D eigenvalue weighted by Crippen LogP contribution is -2.44. The van der Waals surface area contributed by atoms with E-state index < -0.39 is 0 Å². The van der Waals surface area contributed by atoms with Gasteiger partial charge in [-0.05, 0) is 13.5 Å². The number of ether oxygens (including phenoxy) is 1. The molecule has 6 heteroatoms. The van der Waals surface area contributed by atoms with Gasteiger partial charge in [-0.1, -0.05) is 18.5 Å². The molecule has 1 fully saturated rings. The van der Waals surface area contributed by atoms with Gasteiger partial charge in [0.2, 0.25) is 0 Å². The van der Waals surface area contributed by atoms with Crippen molar-refractivity contribution in [3.05, 3.63) is 16.4 Å². The predicted molar refractivity (Wildman–Crippen MR) is 73.5 cm³/mol. The number of nitrogens with zero attached hydrogens (tertiary/aromatic N) is 3. The number of morpholine rings is 1. The number of carbonyl (C=O) groups is 1. The summed E-state index contributed by atoms with van der Waals surface area (Å²) in [6.07, 6.45) is 0.694. The van der Waals surface area contributed by atoms with Crippen molar-refractivity contribution in [2.24, 2.45) is 7.05 Å². The van der Waals surface area contributed by atoms with E-state index in [1.54, 1.807) is 4.68 Å². The van der Waals surface area contributed by atoms with Crippen LogP contribution in [0.1, 0.15) is 18.3 Å². The summed E-state index contributed by atoms with van der Waals surface area (Å²) >= 11 is 6.25. The third-order valence-corrected chi connectivity index (χ3v) is 3.91. The molecule has 0 amide bonds. The maximum absolute atomic E-state index is 12.3. The second-order valence-corrected chi connectivity index (χ2v) is 5.33. The molecular weight excluding hydrogens is 266 g/mol. The summed E-state index contributed by atoms with van der Waals surface area (Å²) < 4.78 is 7.23. The number of Topliss-reactive ketones (excluding diaryl/α,β-unsaturated/α-hetero) is 1. The first-order valence-corrected chi connectivity index (χ1v) is 6.93. The average molecular weight is 286 g/mol. The molecule has 2 heterocycles. The lowest BCUT2D eigenvalue weighted by Gasteiger charge is -2.29. The minimum absolute atomic E-state index is 0.0686. The molecule has 2 rings (SSSR count). The number of halogens is 1. The van der Waals surface area contributed by atoms with Crippen LogP contribution in [-0.4, -0.2) is 53.3 Å². The van der Waals surface area contributed by atoms with E-state index in [1.165, 1.54) is 0 Å². The van der Waals surface area contributed by atoms with Gasteiger partial charge in [0.15, 0.2) is 5.78 Å². The van der Waals surface area contributed by atoms with Crippen molar-refractivity contribution in [1.29, 1.82) is 0 Å². The average Bonchev–Trinajstić information content (AvgIpc) is 2.66. The van der Waals surface area contributed by atoms with Gasteiger partial charge in [-0.25, -0.2) is 0 Å². The highest BCUT2D eigenvalue weighted by Crippen LogP contribution is 2.22. The molecule has 0 N–H and O–H groups in total. The second kappa shape index (κ2) is 6.03. The van der Waals surface area contributed by atoms with Gasteiger partial charge in [-0.3, -0.25) is 9.48 Å². The van der Waals surface area contributed by atoms with Crippen molar-refractivity contribution in [3.63, 3.8) is 0 Å². The van der Waals surface area contributed by atoms with Crippen LogP contribution in [0.3, 0.4) is 0 Å². The van der Waals surface area contributed by atoms with E-state index in [9.17, 15) is 4.79 Å². The van der Waals surface area contributed by atoms with Crippen molar-refractivity contribution in [1.82, 2.24) is 14.7 Å². The number of hydrogen-bond donors (Lipinski definition) is 0. The molecule has 0 spiro atoms. The van der Waals surface area contributed by atoms with Crippen molar-refractivity contribution in [3.8, 4) is 0 Å². The summed E-state index contributed by atoms with van der Waals surface area (Å²) in [6.45, 7) is 4.12. The zero-order valence-corrected chi connectivity index (χ0v) is 12.4. The first kappa shape index (κ1) is 14.5. The highest BCUT2D eigenvalue weighted by molar-refractivity contribution is 6.32. The number of rotatable bonds is 4. The third-order valence-electron chi connectivity index (χ3n) is 3.47. The minimum Gasteiger partial charge on any atom is -0.368 e. The minimum atomic E-state index is -0.352. The molecule has 0 aromatic carbocycles. The quantitative estimate of drug-likeness (QED) is 0.831. The molecule has 5 nitrogen and oxygen atoms in total. The summed E-state index contributed by atoms with van der Waals surface area (Å²) in [5, 5.41) is 4.94. The third kappa shape index (κ3) is 3.16. The summed E-state index contributed by atoms with van der Waals surface area (Å²) in [5.41, 5.74) is 1.62. The molecule has 0 saturated carbocycles. The van der Waals surface area contributed by atoms with E-state index in [4.69, 9.17) is 16.3 Å². The van der Waals surface area contributed by atoms with Crippen LogP contribution in [0.4, 0.5) is 0 Å². The Morgan fingerprint density at radius 1 is 1.53 bits per heavy atom. The van der Waals surface area contributed by atoms with Crippen molar-refractivity contribution < 1.29 is 9.53 Å². The van der Waals surface area contributed by atoms with Crippen LogP contribution >= 0.6 is 11.6 Å². The van der Waals surface area contributed by atoms with E-state index in [-0.39, 0.29) is 18.3 Å². The number of carbonyl (C=O) groups excluding carboxylic acids is 1. The van der Waals surface area contributed by atoms with E-state index in [0.717, 1.165) is 24.4 Å². The molecule has 1 aliphatic heterocycles. The molecule has 0 radical (unpaired) electrons. The number of ketones is 1. The Hall–Kier alpha value is -0.910. The van der Waals surface area contributed by atoms with E-state index >= 15 is 0 Å². The van der Waals surface area contributed by atoms with E-state index in [2.05, 4.69) is 10.00 Å². The summed E-state index contributed by atoms with van der Waals surface area (Å²) in [5.74, 6) is 0.0686. The van der Waals surface area contributed by atoms with Gasteiger partial charge in [0, 0.05) is 20.1 Å². The summed E-state index contributed by atoms with van der Waals surface area (Å²) in [4.78, 5) is 14.4. The SMILES string of the molecule is CCc1nn(C)c(CC(=O)C2CN(C)CCO2)c1Cl. The second-order valence-electron chi connectivity index (χ2n) is 4.95. The Balaban J connectivity index is 2.08. The lowest BCUT2D eigenvalue weighted by molar-refractivity contribution is -0.134. The van der Waals surface area contributed by atoms with Crippen molar-refractivity contribution in [2.45, 2.75) is 25.9 Å². The Labute approximate surface area is 118 Å². The Kier molecular flexibility index (Phi) is 4.60. The van der Waals surface area contributed by atoms with Gasteiger partial charge in [0.1, 0.15) is 6.10 Å². The smallest absolute Gasteiger partial charge is 0.168 e. The largest absolute Gasteiger partial charge is 0.368 e. The zero-order chi connectivity index (χ0) is 14.0. The van der Waals surface area contributed by atoms with Crippen LogP contribution in [0.5, 0.6) is 0 Å². The molecule has 0 bridgehead atoms. The molecular formula is C13H20ClN3O2. The Morgan fingerprint density at radius 2 is 2.26 bits per heavy atom. The number of aromatic nitrogens is 2. The Bertz CT molecular complexity index is 473. The number of aryl methyl sites for hydroxylation is 2. The zero-order valence-electron chi connectivity index (χ0n) is 11.6. The van der Waals surface area contributed by atoms with Gasteiger partial charge < -0.3 is 9.64 Å². The standard InChI is InChI=1S/C13H20ClN3O2/c1-4-9-13(14)10(17(3)15-9)7-11(18)12-8-16(2)5-6-19-12/h12H,4-8H2,1-3H3. The summed E-state index contributed by atoms with van der Waals surface area (Å²) in [7, 11) is 3.82. The monoisotopic (exact) mass is 285 g/mol. The molecule has 1 aromatic heterocycles. The molecule has 1 atom stereocenters. The molecule has 19 heavy (non-hydrogen) atoms. The van der Waals surface area contributed by atoms with E-state index in [1.807, 2.05) is 21.0 Å². The molecule has 1 aromatic rings. The maximum Gasteiger partial charge on any atom is 0.168 e. The van der Waals surface area contributed by atoms with Crippen LogP contribution in [0.15, 0.2) is 0 Å². The fraction of sp³-hybridized carbons (Fsp3) is 0.692. The molecule has 106 valence electrons. The fourth-order valence-corrected chi connectivity index (χ4v) is 2.62. The van der Waals surface area contributed by atoms with Gasteiger partial charge in [0.05, 0.1) is 29.4 Å². The van der Waals surface area contributed by atoms with E-state index in [0.29, 0.717) is 18.2 Å². The first-order chi connectivity index (χ1) is 9.02. The predicted octanol–water partition coefficient (Wildman–Crippen LogP) is 1.08. The van der Waals surface area contributed by atoms with Gasteiger partial charge in [-0.2, -0.15) is 5.10 Å². The van der Waals surface area contributed by atoms with Gasteiger partial charge >= 0.3 is 0 Å². The topological polar surface area (TPSA) is 47.4 Å². The molecule has 0 aliphatic carbocycles. The van der Waals surface area contributed by atoms with Crippen molar-refractivity contribution >= 4 is 17.4 Å². The van der Waals surface area contributed by atoms with Crippen LogP contribution in [0.2, 0.25) is 5.02 Å². The fourth-order valence-electron chi connectivity index (χ4n) is 2.26. The first-order valence-electron chi connectivity index (χ1n) is 6.56. The molecule has 1 saturated heterocycles. The molecule has 1 unspecified atom stereocenters. The van der Waals surface area contributed by atoms with Gasteiger partial charge in [-0.15, -0.1) is 0 Å². The molecule has 1 aliphatic rings. The maximum atomic E-state index is 12.3. The van der Waals surface area contributed by atoms with Crippen LogP contribution in [0, 0.1) is 0 Å².